The molecular formula is C26H29F3N8O. The van der Waals surface area contributed by atoms with Crippen LogP contribution in [0.1, 0.15) is 32.7 Å². The molecular weight excluding hydrogens is 497 g/mol. The minimum atomic E-state index is -4.58. The Hall–Kier alpha value is -4.03. The molecule has 9 nitrogen and oxygen atoms in total. The van der Waals surface area contributed by atoms with Crippen LogP contribution >= 0.6 is 0 Å². The molecule has 2 aromatic carbocycles. The third kappa shape index (κ3) is 5.76. The maximum absolute atomic E-state index is 13.8. The summed E-state index contributed by atoms with van der Waals surface area (Å²) < 4.78 is 44.6. The quantitative estimate of drug-likeness (QED) is 0.360. The van der Waals surface area contributed by atoms with Crippen LogP contribution in [0.5, 0.6) is 0 Å². The predicted molar refractivity (Wildman–Crippen MR) is 138 cm³/mol. The molecule has 2 heterocycles. The van der Waals surface area contributed by atoms with E-state index in [1.165, 1.54) is 12.1 Å². The van der Waals surface area contributed by atoms with Crippen molar-refractivity contribution < 1.29 is 18.0 Å². The van der Waals surface area contributed by atoms with E-state index in [4.69, 9.17) is 5.73 Å². The van der Waals surface area contributed by atoms with Crippen molar-refractivity contribution in [3.05, 3.63) is 76.7 Å². The zero-order chi connectivity index (χ0) is 27.6. The number of nitrogens with one attached hydrogen (secondary N) is 1. The second-order valence-electron chi connectivity index (χ2n) is 9.17. The van der Waals surface area contributed by atoms with Gasteiger partial charge in [-0.3, -0.25) is 9.48 Å². The van der Waals surface area contributed by atoms with Gasteiger partial charge in [-0.25, -0.2) is 4.68 Å². The van der Waals surface area contributed by atoms with Gasteiger partial charge in [-0.1, -0.05) is 17.3 Å². The second kappa shape index (κ2) is 10.8. The van der Waals surface area contributed by atoms with E-state index >= 15 is 0 Å². The Morgan fingerprint density at radius 1 is 1.16 bits per heavy atom. The van der Waals surface area contributed by atoms with E-state index in [2.05, 4.69) is 20.7 Å². The first-order valence-electron chi connectivity index (χ1n) is 11.9. The fourth-order valence-corrected chi connectivity index (χ4v) is 4.10. The lowest BCUT2D eigenvalue weighted by molar-refractivity contribution is -0.138. The van der Waals surface area contributed by atoms with Crippen molar-refractivity contribution in [2.45, 2.75) is 26.6 Å². The average Bonchev–Trinajstić information content (AvgIpc) is 3.46. The van der Waals surface area contributed by atoms with E-state index in [1.807, 2.05) is 20.9 Å². The molecule has 0 unspecified atom stereocenters. The zero-order valence-electron chi connectivity index (χ0n) is 21.5. The van der Waals surface area contributed by atoms with E-state index in [0.29, 0.717) is 24.5 Å². The van der Waals surface area contributed by atoms with Gasteiger partial charge in [0, 0.05) is 49.2 Å². The topological polar surface area (TPSA) is 107 Å². The molecule has 0 bridgehead atoms. The van der Waals surface area contributed by atoms with Gasteiger partial charge in [0.05, 0.1) is 23.6 Å². The summed E-state index contributed by atoms with van der Waals surface area (Å²) in [4.78, 5) is 14.7. The predicted octanol–water partition coefficient (Wildman–Crippen LogP) is 3.95. The summed E-state index contributed by atoms with van der Waals surface area (Å²) in [6, 6.07) is 8.78. The Labute approximate surface area is 218 Å². The Bertz CT molecular complexity index is 1460. The van der Waals surface area contributed by atoms with E-state index in [9.17, 15) is 18.0 Å². The molecule has 3 N–H and O–H groups in total. The van der Waals surface area contributed by atoms with Crippen LogP contribution in [0.4, 0.5) is 18.9 Å². The highest BCUT2D eigenvalue weighted by Crippen LogP contribution is 2.34. The first-order valence-corrected chi connectivity index (χ1v) is 11.9. The summed E-state index contributed by atoms with van der Waals surface area (Å²) in [5, 5.41) is 15.3. The highest BCUT2D eigenvalue weighted by Gasteiger charge is 2.34. The summed E-state index contributed by atoms with van der Waals surface area (Å²) in [5.74, 6) is -0.546. The van der Waals surface area contributed by atoms with Gasteiger partial charge in [-0.2, -0.15) is 18.3 Å². The smallest absolute Gasteiger partial charge is 0.329 e. The minimum Gasteiger partial charge on any atom is -0.329 e. The summed E-state index contributed by atoms with van der Waals surface area (Å²) in [6.07, 6.45) is -1.13. The van der Waals surface area contributed by atoms with Crippen molar-refractivity contribution in [3.63, 3.8) is 0 Å². The third-order valence-corrected chi connectivity index (χ3v) is 6.35. The number of aryl methyl sites for hydroxylation is 2. The standard InChI is InChI=1S/C26H29F3N8O/c1-16-5-6-18(11-24(16)37-15-23(33-34-37)21-13-31-36(4)17(21)2)25(38)32-20-8-7-19(14-35(3)10-9-30)22(12-20)26(27,28)29/h5-8,11-13,15H,9-10,14,30H2,1-4H3,(H,32,38). The lowest BCUT2D eigenvalue weighted by Gasteiger charge is -2.20. The van der Waals surface area contributed by atoms with E-state index in [-0.39, 0.29) is 23.4 Å². The third-order valence-electron chi connectivity index (χ3n) is 6.35. The maximum Gasteiger partial charge on any atom is 0.416 e. The number of alkyl halides is 3. The number of rotatable bonds is 8. The number of hydrogen-bond donors (Lipinski definition) is 2. The normalized spacial score (nSPS) is 11.8. The number of benzene rings is 2. The van der Waals surface area contributed by atoms with Crippen molar-refractivity contribution in [2.75, 3.05) is 25.5 Å². The first-order chi connectivity index (χ1) is 18.0. The summed E-state index contributed by atoms with van der Waals surface area (Å²) in [6.45, 7) is 4.67. The lowest BCUT2D eigenvalue weighted by Crippen LogP contribution is -2.26. The summed E-state index contributed by atoms with van der Waals surface area (Å²) in [5.41, 5.74) is 8.97. The Morgan fingerprint density at radius 2 is 1.92 bits per heavy atom. The molecule has 12 heteroatoms. The number of carbonyl (C=O) groups excluding carboxylic acids is 1. The molecule has 200 valence electrons. The van der Waals surface area contributed by atoms with Crippen molar-refractivity contribution in [2.24, 2.45) is 12.8 Å². The van der Waals surface area contributed by atoms with E-state index < -0.39 is 17.6 Å². The van der Waals surface area contributed by atoms with Crippen molar-refractivity contribution >= 4 is 11.6 Å². The molecule has 0 aliphatic rings. The maximum atomic E-state index is 13.8. The van der Waals surface area contributed by atoms with Crippen LogP contribution in [-0.2, 0) is 19.8 Å². The van der Waals surface area contributed by atoms with Crippen LogP contribution in [-0.4, -0.2) is 55.7 Å². The summed E-state index contributed by atoms with van der Waals surface area (Å²) >= 11 is 0. The SMILES string of the molecule is Cc1ccc(C(=O)Nc2ccc(CN(C)CCN)c(C(F)(F)F)c2)cc1-n1cc(-c2cnn(C)c2C)nn1. The number of likely N-dealkylation sites (N-methyl/N-ethyl adjacent to an activating group) is 1. The van der Waals surface area contributed by atoms with Crippen LogP contribution in [0.15, 0.2) is 48.8 Å². The number of carbonyl (C=O) groups is 1. The number of amides is 1. The van der Waals surface area contributed by atoms with Crippen molar-refractivity contribution in [3.8, 4) is 16.9 Å². The number of nitrogens with zero attached hydrogens (tertiary/aromatic N) is 6. The highest BCUT2D eigenvalue weighted by molar-refractivity contribution is 6.04. The van der Waals surface area contributed by atoms with Crippen molar-refractivity contribution in [1.29, 1.82) is 0 Å². The first kappa shape index (κ1) is 27.0. The van der Waals surface area contributed by atoms with Crippen LogP contribution in [0.25, 0.3) is 16.9 Å². The van der Waals surface area contributed by atoms with E-state index in [0.717, 1.165) is 22.9 Å². The molecule has 0 saturated heterocycles. The average molecular weight is 527 g/mol. The fraction of sp³-hybridized carbons (Fsp3) is 0.308. The van der Waals surface area contributed by atoms with Crippen LogP contribution in [0.2, 0.25) is 0 Å². The molecule has 0 aliphatic carbocycles. The lowest BCUT2D eigenvalue weighted by atomic mass is 10.0. The Balaban J connectivity index is 1.58. The number of halogens is 3. The Kier molecular flexibility index (Phi) is 7.65. The van der Waals surface area contributed by atoms with Crippen LogP contribution < -0.4 is 11.1 Å². The number of hydrogen-bond acceptors (Lipinski definition) is 6. The summed E-state index contributed by atoms with van der Waals surface area (Å²) in [7, 11) is 3.54. The molecule has 38 heavy (non-hydrogen) atoms. The number of aromatic nitrogens is 5. The highest BCUT2D eigenvalue weighted by atomic mass is 19.4. The van der Waals surface area contributed by atoms with Gasteiger partial charge in [0.25, 0.3) is 5.91 Å². The van der Waals surface area contributed by atoms with Gasteiger partial charge in [0.1, 0.15) is 5.69 Å². The van der Waals surface area contributed by atoms with Gasteiger partial charge in [-0.05, 0) is 56.3 Å². The monoisotopic (exact) mass is 526 g/mol. The molecule has 0 fully saturated rings. The Morgan fingerprint density at radius 3 is 2.58 bits per heavy atom. The second-order valence-corrected chi connectivity index (χ2v) is 9.17. The molecule has 0 radical (unpaired) electrons. The number of nitrogens with two attached hydrogens (primary N) is 1. The van der Waals surface area contributed by atoms with Crippen molar-refractivity contribution in [1.82, 2.24) is 29.7 Å². The van der Waals surface area contributed by atoms with Crippen LogP contribution in [0, 0.1) is 13.8 Å². The van der Waals surface area contributed by atoms with Gasteiger partial charge < -0.3 is 16.0 Å². The van der Waals surface area contributed by atoms with Gasteiger partial charge in [-0.15, -0.1) is 5.10 Å². The molecule has 0 spiro atoms. The molecule has 0 aliphatic heterocycles. The molecule has 1 amide bonds. The van der Waals surface area contributed by atoms with Gasteiger partial charge >= 0.3 is 6.18 Å². The molecule has 4 aromatic rings. The molecule has 4 rings (SSSR count). The fourth-order valence-electron chi connectivity index (χ4n) is 4.10. The van der Waals surface area contributed by atoms with E-state index in [1.54, 1.807) is 51.9 Å². The van der Waals surface area contributed by atoms with Gasteiger partial charge in [0.2, 0.25) is 0 Å². The van der Waals surface area contributed by atoms with Gasteiger partial charge in [0.15, 0.2) is 0 Å². The van der Waals surface area contributed by atoms with Crippen LogP contribution in [0.3, 0.4) is 0 Å². The zero-order valence-corrected chi connectivity index (χ0v) is 21.5. The largest absolute Gasteiger partial charge is 0.416 e. The molecule has 0 atom stereocenters. The molecule has 0 saturated carbocycles. The molecule has 2 aromatic heterocycles. The number of anilines is 1. The minimum absolute atomic E-state index is 0.0461.